The zero-order valence-corrected chi connectivity index (χ0v) is 11.2. The molecule has 0 aliphatic rings. The molecule has 3 aromatic rings. The van der Waals surface area contributed by atoms with Gasteiger partial charge in [0.15, 0.2) is 5.75 Å². The summed E-state index contributed by atoms with van der Waals surface area (Å²) < 4.78 is 20.9. The second-order valence-electron chi connectivity index (χ2n) is 4.19. The van der Waals surface area contributed by atoms with Gasteiger partial charge in [0.05, 0.1) is 0 Å². The monoisotopic (exact) mass is 285 g/mol. The van der Waals surface area contributed by atoms with Crippen LogP contribution >= 0.6 is 8.25 Å². The molecule has 0 fully saturated rings. The van der Waals surface area contributed by atoms with Gasteiger partial charge >= 0.3 is 14.7 Å². The Hall–Kier alpha value is -2.45. The van der Waals surface area contributed by atoms with Crippen molar-refractivity contribution >= 4 is 36.3 Å². The molecule has 98 valence electrons. The number of carbonyl (C=O) groups is 1. The molecule has 1 unspecified atom stereocenters. The van der Waals surface area contributed by atoms with Crippen LogP contribution < -0.4 is 4.52 Å². The van der Waals surface area contributed by atoms with E-state index in [-0.39, 0.29) is 6.47 Å². The molecule has 0 N–H and O–H groups in total. The van der Waals surface area contributed by atoms with Crippen LogP contribution in [0, 0.1) is 0 Å². The van der Waals surface area contributed by atoms with Crippen molar-refractivity contribution in [3.8, 4) is 5.75 Å². The summed E-state index contributed by atoms with van der Waals surface area (Å²) in [5.41, 5.74) is 0. The van der Waals surface area contributed by atoms with Crippen LogP contribution in [0.5, 0.6) is 5.75 Å². The molecular weight excluding hydrogens is 275 g/mol. The minimum absolute atomic E-state index is 0.110. The fourth-order valence-electron chi connectivity index (χ4n) is 2.15. The maximum atomic E-state index is 11.4. The van der Waals surface area contributed by atoms with Crippen molar-refractivity contribution in [3.05, 3.63) is 54.6 Å². The first-order chi connectivity index (χ1) is 9.78. The smallest absolute Gasteiger partial charge is 0.250 e. The van der Waals surface area contributed by atoms with E-state index in [1.807, 2.05) is 42.5 Å². The lowest BCUT2D eigenvalue weighted by molar-refractivity contribution is -0.120. The maximum absolute atomic E-state index is 11.4. The summed E-state index contributed by atoms with van der Waals surface area (Å²) in [6, 6.07) is 17.4. The van der Waals surface area contributed by atoms with Crippen LogP contribution in [0.1, 0.15) is 0 Å². The Balaban J connectivity index is 2.15. The van der Waals surface area contributed by atoms with E-state index < -0.39 is 8.25 Å². The molecule has 0 saturated carbocycles. The number of hydrogen-bond acceptors (Lipinski definition) is 4. The van der Waals surface area contributed by atoms with E-state index in [0.717, 1.165) is 21.5 Å². The second kappa shape index (κ2) is 5.27. The third-order valence-electron chi connectivity index (χ3n) is 3.01. The largest absolute Gasteiger partial charge is 0.808 e. The molecule has 0 aliphatic heterocycles. The summed E-state index contributed by atoms with van der Waals surface area (Å²) in [5.74, 6) is 0.427. The van der Waals surface area contributed by atoms with Gasteiger partial charge in [0, 0.05) is 9.95 Å². The average Bonchev–Trinajstić information content (AvgIpc) is 2.46. The minimum Gasteiger partial charge on any atom is -0.250 e. The van der Waals surface area contributed by atoms with Crippen molar-refractivity contribution < 1.29 is 18.4 Å². The SMILES string of the molecule is O=CO[P+](=O)Oc1cccc2cc3ccccc3cc12. The van der Waals surface area contributed by atoms with Gasteiger partial charge in [-0.15, -0.1) is 0 Å². The van der Waals surface area contributed by atoms with Crippen LogP contribution in [0.3, 0.4) is 0 Å². The predicted octanol–water partition coefficient (Wildman–Crippen LogP) is 4.20. The summed E-state index contributed by atoms with van der Waals surface area (Å²) in [4.78, 5) is 10.2. The van der Waals surface area contributed by atoms with Crippen LogP contribution in [0.25, 0.3) is 21.5 Å². The molecule has 0 amide bonds. The number of benzene rings is 3. The molecule has 3 rings (SSSR count). The van der Waals surface area contributed by atoms with Gasteiger partial charge in [-0.3, -0.25) is 4.79 Å². The molecule has 0 aromatic heterocycles. The number of carbonyl (C=O) groups excluding carboxylic acids is 1. The van der Waals surface area contributed by atoms with Gasteiger partial charge < -0.3 is 0 Å². The maximum Gasteiger partial charge on any atom is 0.808 e. The highest BCUT2D eigenvalue weighted by atomic mass is 31.1. The lowest BCUT2D eigenvalue weighted by Gasteiger charge is -2.03. The molecule has 0 radical (unpaired) electrons. The standard InChI is InChI=1S/C15H10O4P/c16-10-18-20(17)19-15-7-3-6-13-8-11-4-1-2-5-12(11)9-14(13)15/h1-10H/q+1. The molecule has 20 heavy (non-hydrogen) atoms. The lowest BCUT2D eigenvalue weighted by Crippen LogP contribution is -1.86. The van der Waals surface area contributed by atoms with E-state index in [9.17, 15) is 9.36 Å². The highest BCUT2D eigenvalue weighted by molar-refractivity contribution is 7.34. The summed E-state index contributed by atoms with van der Waals surface area (Å²) >= 11 is 0. The number of hydrogen-bond donors (Lipinski definition) is 0. The lowest BCUT2D eigenvalue weighted by atomic mass is 10.0. The Labute approximate surface area is 115 Å². The molecule has 0 aliphatic carbocycles. The van der Waals surface area contributed by atoms with Crippen LogP contribution in [0.2, 0.25) is 0 Å². The van der Waals surface area contributed by atoms with Crippen molar-refractivity contribution in [1.29, 1.82) is 0 Å². The molecule has 0 heterocycles. The zero-order chi connectivity index (χ0) is 13.9. The van der Waals surface area contributed by atoms with Crippen LogP contribution in [-0.2, 0) is 13.9 Å². The third kappa shape index (κ3) is 2.33. The molecule has 0 bridgehead atoms. The second-order valence-corrected chi connectivity index (χ2v) is 5.03. The first-order valence-corrected chi connectivity index (χ1v) is 7.04. The van der Waals surface area contributed by atoms with Gasteiger partial charge in [-0.2, -0.15) is 4.52 Å². The van der Waals surface area contributed by atoms with E-state index >= 15 is 0 Å². The molecule has 4 nitrogen and oxygen atoms in total. The quantitative estimate of drug-likeness (QED) is 0.409. The minimum atomic E-state index is -2.49. The van der Waals surface area contributed by atoms with Crippen molar-refractivity contribution in [2.75, 3.05) is 0 Å². The number of rotatable bonds is 4. The Morgan fingerprint density at radius 1 is 0.900 bits per heavy atom. The van der Waals surface area contributed by atoms with E-state index in [0.29, 0.717) is 5.75 Å². The van der Waals surface area contributed by atoms with Crippen molar-refractivity contribution in [1.82, 2.24) is 0 Å². The highest BCUT2D eigenvalue weighted by Gasteiger charge is 2.23. The summed E-state index contributed by atoms with van der Waals surface area (Å²) in [7, 11) is -2.49. The van der Waals surface area contributed by atoms with Crippen LogP contribution in [0.4, 0.5) is 0 Å². The van der Waals surface area contributed by atoms with Crippen molar-refractivity contribution in [2.24, 2.45) is 0 Å². The zero-order valence-electron chi connectivity index (χ0n) is 10.4. The fraction of sp³-hybridized carbons (Fsp3) is 0. The number of fused-ring (bicyclic) bond motifs is 2. The summed E-state index contributed by atoms with van der Waals surface area (Å²) in [6.07, 6.45) is 0. The van der Waals surface area contributed by atoms with Crippen molar-refractivity contribution in [3.63, 3.8) is 0 Å². The third-order valence-corrected chi connectivity index (χ3v) is 3.61. The topological polar surface area (TPSA) is 52.6 Å². The summed E-state index contributed by atoms with van der Waals surface area (Å²) in [6.45, 7) is 0.110. The first kappa shape index (κ1) is 12.6. The van der Waals surface area contributed by atoms with Gasteiger partial charge in [-0.05, 0) is 34.4 Å². The van der Waals surface area contributed by atoms with Crippen LogP contribution in [-0.4, -0.2) is 6.47 Å². The van der Waals surface area contributed by atoms with Gasteiger partial charge in [-0.1, -0.05) is 36.4 Å². The van der Waals surface area contributed by atoms with E-state index in [1.54, 1.807) is 12.1 Å². The van der Waals surface area contributed by atoms with Gasteiger partial charge in [0.25, 0.3) is 0 Å². The van der Waals surface area contributed by atoms with Crippen LogP contribution in [0.15, 0.2) is 54.6 Å². The molecule has 0 saturated heterocycles. The van der Waals surface area contributed by atoms with Gasteiger partial charge in [0.1, 0.15) is 0 Å². The van der Waals surface area contributed by atoms with Gasteiger partial charge in [0.2, 0.25) is 0 Å². The average molecular weight is 285 g/mol. The summed E-state index contributed by atoms with van der Waals surface area (Å²) in [5, 5.41) is 3.97. The Morgan fingerprint density at radius 2 is 1.60 bits per heavy atom. The van der Waals surface area contributed by atoms with Crippen molar-refractivity contribution in [2.45, 2.75) is 0 Å². The van der Waals surface area contributed by atoms with Gasteiger partial charge in [-0.25, -0.2) is 4.52 Å². The molecule has 1 atom stereocenters. The van der Waals surface area contributed by atoms with E-state index in [4.69, 9.17) is 4.52 Å². The predicted molar refractivity (Wildman–Crippen MR) is 76.8 cm³/mol. The molecule has 3 aromatic carbocycles. The highest BCUT2D eigenvalue weighted by Crippen LogP contribution is 2.35. The molecule has 0 spiro atoms. The van der Waals surface area contributed by atoms with E-state index in [2.05, 4.69) is 4.52 Å². The normalized spacial score (nSPS) is 11.3. The Bertz CT molecular complexity index is 813. The fourth-order valence-corrected chi connectivity index (χ4v) is 2.59. The first-order valence-electron chi connectivity index (χ1n) is 5.95. The Kier molecular flexibility index (Phi) is 3.32. The Morgan fingerprint density at radius 3 is 2.35 bits per heavy atom. The molecule has 5 heteroatoms. The molecular formula is C15H10O4P+. The van der Waals surface area contributed by atoms with E-state index in [1.165, 1.54) is 0 Å².